The fraction of sp³-hybridized carbons (Fsp3) is 0.231. The molecule has 0 saturated heterocycles. The Labute approximate surface area is 146 Å². The largest absolute Gasteiger partial charge is 0.313 e. The van der Waals surface area contributed by atoms with Gasteiger partial charge in [-0.15, -0.1) is 0 Å². The Morgan fingerprint density at radius 2 is 2.18 bits per heavy atom. The molecule has 6 nitrogen and oxygen atoms in total. The summed E-state index contributed by atoms with van der Waals surface area (Å²) in [6.45, 7) is 2.55. The van der Waals surface area contributed by atoms with Gasteiger partial charge in [0.1, 0.15) is 13.7 Å². The van der Waals surface area contributed by atoms with Crippen molar-refractivity contribution in [3.63, 3.8) is 0 Å². The first-order valence-corrected chi connectivity index (χ1v) is 9.40. The van der Waals surface area contributed by atoms with E-state index in [2.05, 4.69) is 32.6 Å². The van der Waals surface area contributed by atoms with Crippen LogP contribution < -0.4 is 5.14 Å². The van der Waals surface area contributed by atoms with Gasteiger partial charge >= 0.3 is 0 Å². The second kappa shape index (κ2) is 5.59. The van der Waals surface area contributed by atoms with Crippen LogP contribution in [0.25, 0.3) is 0 Å². The molecular weight excluding hydrogens is 439 g/mol. The smallest absolute Gasteiger partial charge is 0.240 e. The van der Waals surface area contributed by atoms with E-state index in [1.54, 1.807) is 12.1 Å². The summed E-state index contributed by atoms with van der Waals surface area (Å²) in [5, 5.41) is 5.84. The molecule has 0 bridgehead atoms. The van der Waals surface area contributed by atoms with Crippen LogP contribution in [0.2, 0.25) is 5.15 Å². The molecule has 2 aromatic rings. The Hall–Kier alpha value is -0.970. The number of benzene rings is 1. The molecule has 0 spiro atoms. The third-order valence-electron chi connectivity index (χ3n) is 3.37. The Morgan fingerprint density at radius 3 is 2.86 bits per heavy atom. The van der Waals surface area contributed by atoms with Gasteiger partial charge in [0.2, 0.25) is 10.0 Å². The first kappa shape index (κ1) is 15.9. The number of aryl methyl sites for hydroxylation is 1. The lowest BCUT2D eigenvalue weighted by molar-refractivity contribution is 0.598. The number of hydrogen-bond donors (Lipinski definition) is 1. The van der Waals surface area contributed by atoms with Crippen LogP contribution >= 0.6 is 34.2 Å². The summed E-state index contributed by atoms with van der Waals surface area (Å²) >= 11 is 8.23. The van der Waals surface area contributed by atoms with Gasteiger partial charge < -0.3 is 4.57 Å². The van der Waals surface area contributed by atoms with Gasteiger partial charge in [-0.3, -0.25) is 0 Å². The molecule has 0 aliphatic carbocycles. The van der Waals surface area contributed by atoms with E-state index in [9.17, 15) is 8.42 Å². The average molecular weight is 451 g/mol. The minimum atomic E-state index is -3.83. The van der Waals surface area contributed by atoms with Gasteiger partial charge in [0, 0.05) is 13.0 Å². The van der Waals surface area contributed by atoms with E-state index in [1.807, 2.05) is 11.5 Å². The maximum atomic E-state index is 11.7. The zero-order valence-electron chi connectivity index (χ0n) is 11.5. The zero-order chi connectivity index (χ0) is 16.1. The molecule has 1 aliphatic rings. The van der Waals surface area contributed by atoms with Crippen molar-refractivity contribution >= 4 is 55.6 Å². The molecule has 2 heterocycles. The van der Waals surface area contributed by atoms with E-state index in [-0.39, 0.29) is 4.90 Å². The van der Waals surface area contributed by atoms with E-state index in [0.29, 0.717) is 39.0 Å². The van der Waals surface area contributed by atoms with E-state index in [4.69, 9.17) is 16.7 Å². The van der Waals surface area contributed by atoms with Gasteiger partial charge in [-0.1, -0.05) is 17.7 Å². The number of aliphatic imine (C=N–C) groups is 1. The first-order chi connectivity index (χ1) is 10.3. The highest BCUT2D eigenvalue weighted by atomic mass is 127. The van der Waals surface area contributed by atoms with Gasteiger partial charge in [-0.25, -0.2) is 23.5 Å². The predicted molar refractivity (Wildman–Crippen MR) is 93.3 cm³/mol. The molecule has 3 rings (SSSR count). The van der Waals surface area contributed by atoms with Crippen LogP contribution in [0.4, 0.5) is 5.69 Å². The average Bonchev–Trinajstić information content (AvgIpc) is 2.91. The first-order valence-electron chi connectivity index (χ1n) is 6.40. The molecule has 22 heavy (non-hydrogen) atoms. The minimum Gasteiger partial charge on any atom is -0.313 e. The van der Waals surface area contributed by atoms with E-state index in [0.717, 1.165) is 5.56 Å². The Morgan fingerprint density at radius 1 is 1.45 bits per heavy atom. The summed E-state index contributed by atoms with van der Waals surface area (Å²) in [6.07, 6.45) is 0.650. The third-order valence-corrected chi connectivity index (χ3v) is 5.79. The van der Waals surface area contributed by atoms with Crippen molar-refractivity contribution in [3.05, 3.63) is 38.4 Å². The fourth-order valence-electron chi connectivity index (χ4n) is 2.36. The molecular formula is C13H12ClIN4O2S. The highest BCUT2D eigenvalue weighted by Crippen LogP contribution is 2.30. The Kier molecular flexibility index (Phi) is 4.04. The number of fused-ring (bicyclic) bond motifs is 1. The number of primary sulfonamides is 1. The summed E-state index contributed by atoms with van der Waals surface area (Å²) in [7, 11) is -3.83. The molecule has 2 N–H and O–H groups in total. The molecule has 0 atom stereocenters. The molecule has 0 fully saturated rings. The van der Waals surface area contributed by atoms with Crippen molar-refractivity contribution < 1.29 is 8.42 Å². The molecule has 1 aliphatic heterocycles. The van der Waals surface area contributed by atoms with Crippen molar-refractivity contribution in [2.45, 2.75) is 24.8 Å². The topological polar surface area (TPSA) is 90.3 Å². The van der Waals surface area contributed by atoms with E-state index in [1.165, 1.54) is 6.07 Å². The van der Waals surface area contributed by atoms with Crippen molar-refractivity contribution in [3.8, 4) is 0 Å². The van der Waals surface area contributed by atoms with Gasteiger partial charge in [-0.2, -0.15) is 0 Å². The van der Waals surface area contributed by atoms with Crippen LogP contribution in [0.3, 0.4) is 0 Å². The lowest BCUT2D eigenvalue weighted by Crippen LogP contribution is -2.12. The van der Waals surface area contributed by atoms with Crippen LogP contribution in [0.5, 0.6) is 0 Å². The monoisotopic (exact) mass is 450 g/mol. The highest BCUT2D eigenvalue weighted by molar-refractivity contribution is 14.1. The third kappa shape index (κ3) is 2.80. The predicted octanol–water partition coefficient (Wildman–Crippen LogP) is 2.62. The number of halogens is 2. The maximum absolute atomic E-state index is 11.7. The van der Waals surface area contributed by atoms with Crippen LogP contribution in [0, 0.1) is 10.6 Å². The molecule has 0 amide bonds. The van der Waals surface area contributed by atoms with Gasteiger partial charge in [0.15, 0.2) is 5.82 Å². The fourth-order valence-corrected chi connectivity index (χ4v) is 3.74. The Bertz CT molecular complexity index is 905. The molecule has 0 saturated carbocycles. The van der Waals surface area contributed by atoms with Crippen molar-refractivity contribution in [2.75, 3.05) is 0 Å². The van der Waals surface area contributed by atoms with Crippen molar-refractivity contribution in [1.29, 1.82) is 0 Å². The second-order valence-corrected chi connectivity index (χ2v) is 7.90. The number of nitrogens with two attached hydrogens (primary N) is 1. The standard InChI is InChI=1S/C13H12ClIN4O2S/c1-7-2-3-10(22(16,20)21)9(6-7)17-8-4-5-19-11(14)12(15)18-13(8)19/h2-3,6H,4-5H2,1H3,(H2,16,20,21). The molecule has 1 aromatic heterocycles. The van der Waals surface area contributed by atoms with Gasteiger partial charge in [-0.05, 0) is 47.2 Å². The number of sulfonamides is 1. The molecule has 116 valence electrons. The lowest BCUT2D eigenvalue weighted by atomic mass is 10.2. The number of imidazole rings is 1. The van der Waals surface area contributed by atoms with Crippen LogP contribution in [-0.4, -0.2) is 23.7 Å². The van der Waals surface area contributed by atoms with Crippen molar-refractivity contribution in [2.24, 2.45) is 10.1 Å². The van der Waals surface area contributed by atoms with Crippen LogP contribution in [-0.2, 0) is 16.6 Å². The summed E-state index contributed by atoms with van der Waals surface area (Å²) in [5.41, 5.74) is 1.95. The van der Waals surface area contributed by atoms with Crippen LogP contribution in [0.15, 0.2) is 28.1 Å². The van der Waals surface area contributed by atoms with E-state index >= 15 is 0 Å². The molecule has 1 aromatic carbocycles. The lowest BCUT2D eigenvalue weighted by Gasteiger charge is -2.05. The van der Waals surface area contributed by atoms with Gasteiger partial charge in [0.25, 0.3) is 0 Å². The SMILES string of the molecule is Cc1ccc(S(N)(=O)=O)c(N=C2CCn3c2nc(I)c3Cl)c1. The summed E-state index contributed by atoms with van der Waals surface area (Å²) in [5.74, 6) is 0.677. The zero-order valence-corrected chi connectivity index (χ0v) is 15.3. The Balaban J connectivity index is 2.16. The number of aromatic nitrogens is 2. The minimum absolute atomic E-state index is 0.0106. The second-order valence-electron chi connectivity index (χ2n) is 4.99. The molecule has 0 unspecified atom stereocenters. The number of rotatable bonds is 2. The normalized spacial score (nSPS) is 16.3. The summed E-state index contributed by atoms with van der Waals surface area (Å²) in [6, 6.07) is 4.87. The van der Waals surface area contributed by atoms with E-state index < -0.39 is 10.0 Å². The number of nitrogens with zero attached hydrogens (tertiary/aromatic N) is 3. The summed E-state index contributed by atoms with van der Waals surface area (Å²) in [4.78, 5) is 8.89. The van der Waals surface area contributed by atoms with Crippen LogP contribution in [0.1, 0.15) is 17.8 Å². The maximum Gasteiger partial charge on any atom is 0.240 e. The van der Waals surface area contributed by atoms with Gasteiger partial charge in [0.05, 0.1) is 11.4 Å². The van der Waals surface area contributed by atoms with Crippen molar-refractivity contribution in [1.82, 2.24) is 9.55 Å². The quantitative estimate of drug-likeness (QED) is 0.713. The summed E-state index contributed by atoms with van der Waals surface area (Å²) < 4.78 is 26.0. The number of hydrogen-bond acceptors (Lipinski definition) is 4. The molecule has 0 radical (unpaired) electrons. The highest BCUT2D eigenvalue weighted by Gasteiger charge is 2.25. The molecule has 9 heteroatoms.